The second-order valence-electron chi connectivity index (χ2n) is 6.38. The minimum absolute atomic E-state index is 0.0984. The molecule has 1 N–H and O–H groups in total. The van der Waals surface area contributed by atoms with E-state index in [9.17, 15) is 18.0 Å². The molecule has 1 amide bonds. The van der Waals surface area contributed by atoms with Gasteiger partial charge in [0.25, 0.3) is 0 Å². The van der Waals surface area contributed by atoms with Gasteiger partial charge in [-0.05, 0) is 12.1 Å². The average Bonchev–Trinajstić information content (AvgIpc) is 2.62. The number of carbonyl (C=O) groups is 1. The summed E-state index contributed by atoms with van der Waals surface area (Å²) in [6.07, 6.45) is -2.73. The van der Waals surface area contributed by atoms with Crippen molar-refractivity contribution in [1.82, 2.24) is 15.1 Å². The summed E-state index contributed by atoms with van der Waals surface area (Å²) in [6.45, 7) is -0.137. The van der Waals surface area contributed by atoms with Gasteiger partial charge in [-0.25, -0.2) is 0 Å². The number of nitrogens with one attached hydrogen (secondary N) is 1. The summed E-state index contributed by atoms with van der Waals surface area (Å²) >= 11 is 0. The van der Waals surface area contributed by atoms with Crippen LogP contribution in [0.25, 0.3) is 0 Å². The predicted molar refractivity (Wildman–Crippen MR) is 96.7 cm³/mol. The molecular formula is C18H25F3N4O2. The highest BCUT2D eigenvalue weighted by atomic mass is 19.4. The molecule has 0 saturated carbocycles. The maximum Gasteiger partial charge on any atom is 0.406 e. The van der Waals surface area contributed by atoms with Crippen molar-refractivity contribution >= 4 is 11.9 Å². The standard InChI is InChI=1S/C18H25F3N4O2/c1-22-17(23-12-16(26)24(2)13-18(19,20)21)25-10-8-15(9-11-25)27-14-6-4-3-5-7-14/h3-7,15H,8-13H2,1-2H3,(H,22,23). The fraction of sp³-hybridized carbons (Fsp3) is 0.556. The molecule has 0 atom stereocenters. The van der Waals surface area contributed by atoms with E-state index in [4.69, 9.17) is 4.74 Å². The number of ether oxygens (including phenoxy) is 1. The first kappa shape index (κ1) is 20.9. The zero-order chi connectivity index (χ0) is 19.9. The molecule has 27 heavy (non-hydrogen) atoms. The molecule has 0 unspecified atom stereocenters. The monoisotopic (exact) mass is 386 g/mol. The number of rotatable bonds is 5. The normalized spacial score (nSPS) is 16.2. The maximum absolute atomic E-state index is 12.4. The van der Waals surface area contributed by atoms with Crippen molar-refractivity contribution in [1.29, 1.82) is 0 Å². The SMILES string of the molecule is CN=C(NCC(=O)N(C)CC(F)(F)F)N1CCC(Oc2ccccc2)CC1. The van der Waals surface area contributed by atoms with E-state index >= 15 is 0 Å². The highest BCUT2D eigenvalue weighted by molar-refractivity contribution is 5.86. The molecular weight excluding hydrogens is 361 g/mol. The number of benzene rings is 1. The van der Waals surface area contributed by atoms with Crippen LogP contribution in [0, 0.1) is 0 Å². The molecule has 0 radical (unpaired) electrons. The Morgan fingerprint density at radius 2 is 1.93 bits per heavy atom. The lowest BCUT2D eigenvalue weighted by atomic mass is 10.1. The lowest BCUT2D eigenvalue weighted by molar-refractivity contribution is -0.157. The van der Waals surface area contributed by atoms with E-state index in [1.54, 1.807) is 7.05 Å². The Balaban J connectivity index is 1.77. The second-order valence-corrected chi connectivity index (χ2v) is 6.38. The Morgan fingerprint density at radius 3 is 2.48 bits per heavy atom. The van der Waals surface area contributed by atoms with Crippen molar-refractivity contribution in [3.63, 3.8) is 0 Å². The van der Waals surface area contributed by atoms with Gasteiger partial charge in [0.15, 0.2) is 5.96 Å². The number of likely N-dealkylation sites (N-methyl/N-ethyl adjacent to an activating group) is 1. The van der Waals surface area contributed by atoms with Crippen molar-refractivity contribution in [2.45, 2.75) is 25.1 Å². The highest BCUT2D eigenvalue weighted by Crippen LogP contribution is 2.19. The number of nitrogens with zero attached hydrogens (tertiary/aromatic N) is 3. The van der Waals surface area contributed by atoms with Crippen LogP contribution in [0.4, 0.5) is 13.2 Å². The lowest BCUT2D eigenvalue weighted by Gasteiger charge is -2.34. The Labute approximate surface area is 157 Å². The molecule has 9 heteroatoms. The van der Waals surface area contributed by atoms with Gasteiger partial charge < -0.3 is 19.9 Å². The first-order valence-electron chi connectivity index (χ1n) is 8.76. The molecule has 6 nitrogen and oxygen atoms in total. The minimum atomic E-state index is -4.41. The molecule has 1 fully saturated rings. The van der Waals surface area contributed by atoms with Crippen LogP contribution < -0.4 is 10.1 Å². The fourth-order valence-corrected chi connectivity index (χ4v) is 2.86. The predicted octanol–water partition coefficient (Wildman–Crippen LogP) is 2.13. The number of carbonyl (C=O) groups excluding carboxylic acids is 1. The van der Waals surface area contributed by atoms with Gasteiger partial charge in [-0.1, -0.05) is 18.2 Å². The fourth-order valence-electron chi connectivity index (χ4n) is 2.86. The van der Waals surface area contributed by atoms with Crippen LogP contribution in [-0.2, 0) is 4.79 Å². The Kier molecular flexibility index (Phi) is 7.32. The van der Waals surface area contributed by atoms with Crippen LogP contribution >= 0.6 is 0 Å². The van der Waals surface area contributed by atoms with Crippen molar-refractivity contribution in [2.75, 3.05) is 40.3 Å². The summed E-state index contributed by atoms with van der Waals surface area (Å²) < 4.78 is 43.0. The van der Waals surface area contributed by atoms with Crippen LogP contribution in [0.1, 0.15) is 12.8 Å². The third-order valence-corrected chi connectivity index (χ3v) is 4.24. The summed E-state index contributed by atoms with van der Waals surface area (Å²) in [6, 6.07) is 9.59. The number of hydrogen-bond acceptors (Lipinski definition) is 3. The molecule has 1 heterocycles. The number of alkyl halides is 3. The smallest absolute Gasteiger partial charge is 0.406 e. The van der Waals surface area contributed by atoms with Gasteiger partial charge >= 0.3 is 6.18 Å². The van der Waals surface area contributed by atoms with Gasteiger partial charge in [-0.2, -0.15) is 13.2 Å². The number of aliphatic imine (C=N–C) groups is 1. The highest BCUT2D eigenvalue weighted by Gasteiger charge is 2.31. The molecule has 0 spiro atoms. The molecule has 0 bridgehead atoms. The van der Waals surface area contributed by atoms with E-state index in [0.717, 1.165) is 25.6 Å². The van der Waals surface area contributed by atoms with E-state index in [2.05, 4.69) is 10.3 Å². The van der Waals surface area contributed by atoms with Crippen molar-refractivity contribution in [3.8, 4) is 5.75 Å². The summed E-state index contributed by atoms with van der Waals surface area (Å²) in [5.74, 6) is 0.689. The maximum atomic E-state index is 12.4. The number of hydrogen-bond donors (Lipinski definition) is 1. The molecule has 1 aliphatic rings. The molecule has 1 aromatic rings. The molecule has 0 aliphatic carbocycles. The first-order chi connectivity index (χ1) is 12.8. The summed E-state index contributed by atoms with van der Waals surface area (Å²) in [7, 11) is 2.71. The number of amides is 1. The number of guanidine groups is 1. The quantitative estimate of drug-likeness (QED) is 0.622. The summed E-state index contributed by atoms with van der Waals surface area (Å²) in [4.78, 5) is 18.6. The van der Waals surface area contributed by atoms with Gasteiger partial charge in [-0.15, -0.1) is 0 Å². The Morgan fingerprint density at radius 1 is 1.30 bits per heavy atom. The number of halogens is 3. The second kappa shape index (κ2) is 9.48. The summed E-state index contributed by atoms with van der Waals surface area (Å²) in [5, 5.41) is 2.85. The largest absolute Gasteiger partial charge is 0.490 e. The van der Waals surface area contributed by atoms with Gasteiger partial charge in [0.2, 0.25) is 5.91 Å². The average molecular weight is 386 g/mol. The third kappa shape index (κ3) is 6.99. The van der Waals surface area contributed by atoms with Crippen LogP contribution in [0.15, 0.2) is 35.3 Å². The molecule has 1 aromatic carbocycles. The van der Waals surface area contributed by atoms with Gasteiger partial charge in [-0.3, -0.25) is 9.79 Å². The minimum Gasteiger partial charge on any atom is -0.490 e. The van der Waals surface area contributed by atoms with Crippen molar-refractivity contribution in [3.05, 3.63) is 30.3 Å². The van der Waals surface area contributed by atoms with E-state index in [-0.39, 0.29) is 12.6 Å². The van der Waals surface area contributed by atoms with Crippen LogP contribution in [0.5, 0.6) is 5.75 Å². The Hall–Kier alpha value is -2.45. The molecule has 0 aromatic heterocycles. The van der Waals surface area contributed by atoms with E-state index in [1.165, 1.54) is 0 Å². The van der Waals surface area contributed by atoms with E-state index in [1.807, 2.05) is 35.2 Å². The number of para-hydroxylation sites is 1. The zero-order valence-corrected chi connectivity index (χ0v) is 15.5. The first-order valence-corrected chi connectivity index (χ1v) is 8.76. The number of piperidine rings is 1. The Bertz CT molecular complexity index is 629. The van der Waals surface area contributed by atoms with Crippen LogP contribution in [0.2, 0.25) is 0 Å². The zero-order valence-electron chi connectivity index (χ0n) is 15.5. The van der Waals surface area contributed by atoms with Crippen molar-refractivity contribution in [2.24, 2.45) is 4.99 Å². The molecule has 1 saturated heterocycles. The molecule has 1 aliphatic heterocycles. The van der Waals surface area contributed by atoms with Crippen LogP contribution in [0.3, 0.4) is 0 Å². The van der Waals surface area contributed by atoms with Gasteiger partial charge in [0.1, 0.15) is 18.4 Å². The van der Waals surface area contributed by atoms with Crippen LogP contribution in [-0.4, -0.2) is 74.2 Å². The number of likely N-dealkylation sites (tertiary alicyclic amines) is 1. The lowest BCUT2D eigenvalue weighted by Crippen LogP contribution is -2.50. The molecule has 150 valence electrons. The van der Waals surface area contributed by atoms with E-state index < -0.39 is 18.6 Å². The summed E-state index contributed by atoms with van der Waals surface area (Å²) in [5.41, 5.74) is 0. The molecule has 2 rings (SSSR count). The van der Waals surface area contributed by atoms with Gasteiger partial charge in [0, 0.05) is 40.0 Å². The van der Waals surface area contributed by atoms with Gasteiger partial charge in [0.05, 0.1) is 6.54 Å². The van der Waals surface area contributed by atoms with E-state index in [0.29, 0.717) is 23.9 Å². The topological polar surface area (TPSA) is 57.2 Å². The third-order valence-electron chi connectivity index (χ3n) is 4.24. The van der Waals surface area contributed by atoms with Crippen molar-refractivity contribution < 1.29 is 22.7 Å².